The second kappa shape index (κ2) is 7.16. The lowest BCUT2D eigenvalue weighted by Gasteiger charge is -2.38. The van der Waals surface area contributed by atoms with Crippen molar-refractivity contribution in [2.45, 2.75) is 45.1 Å². The Balaban J connectivity index is 1.67. The summed E-state index contributed by atoms with van der Waals surface area (Å²) in [6, 6.07) is 7.27. The van der Waals surface area contributed by atoms with Crippen LogP contribution in [0.25, 0.3) is 0 Å². The van der Waals surface area contributed by atoms with Gasteiger partial charge in [0.2, 0.25) is 5.91 Å². The molecular formula is C20H29N3O2. The van der Waals surface area contributed by atoms with Crippen LogP contribution in [0.5, 0.6) is 0 Å². The van der Waals surface area contributed by atoms with Gasteiger partial charge in [-0.05, 0) is 70.8 Å². The summed E-state index contributed by atoms with van der Waals surface area (Å²) in [6.45, 7) is 7.35. The molecule has 3 rings (SSSR count). The van der Waals surface area contributed by atoms with E-state index in [0.29, 0.717) is 11.3 Å². The maximum atomic E-state index is 12.9. The van der Waals surface area contributed by atoms with Crippen molar-refractivity contribution in [1.29, 1.82) is 0 Å². The van der Waals surface area contributed by atoms with Gasteiger partial charge in [-0.2, -0.15) is 0 Å². The molecule has 0 spiro atoms. The van der Waals surface area contributed by atoms with E-state index in [-0.39, 0.29) is 23.3 Å². The van der Waals surface area contributed by atoms with Crippen molar-refractivity contribution in [2.24, 2.45) is 5.92 Å². The third-order valence-electron chi connectivity index (χ3n) is 5.35. The molecule has 5 heteroatoms. The fraction of sp³-hybridized carbons (Fsp3) is 0.600. The smallest absolute Gasteiger partial charge is 0.254 e. The van der Waals surface area contributed by atoms with E-state index in [0.717, 1.165) is 32.5 Å². The van der Waals surface area contributed by atoms with E-state index < -0.39 is 0 Å². The molecule has 1 heterocycles. The maximum absolute atomic E-state index is 12.9. The molecule has 0 radical (unpaired) electrons. The summed E-state index contributed by atoms with van der Waals surface area (Å²) in [7, 11) is 1.87. The molecule has 0 bridgehead atoms. The van der Waals surface area contributed by atoms with E-state index in [2.05, 4.69) is 24.1 Å². The Morgan fingerprint density at radius 1 is 1.24 bits per heavy atom. The van der Waals surface area contributed by atoms with Gasteiger partial charge in [0.15, 0.2) is 0 Å². The van der Waals surface area contributed by atoms with Gasteiger partial charge in [-0.15, -0.1) is 0 Å². The molecule has 1 saturated heterocycles. The van der Waals surface area contributed by atoms with Gasteiger partial charge in [0.1, 0.15) is 0 Å². The molecule has 2 amide bonds. The molecule has 2 fully saturated rings. The predicted octanol–water partition coefficient (Wildman–Crippen LogP) is 2.98. The SMILES string of the molecule is CN(C(=O)c1cccc(NC(=O)C2CC2)c1)C(C)(C)CN1CCCC1. The first-order valence-corrected chi connectivity index (χ1v) is 9.28. The molecule has 0 atom stereocenters. The molecule has 0 aromatic heterocycles. The fourth-order valence-corrected chi connectivity index (χ4v) is 3.38. The van der Waals surface area contributed by atoms with Crippen molar-refractivity contribution < 1.29 is 9.59 Å². The molecule has 0 unspecified atom stereocenters. The summed E-state index contributed by atoms with van der Waals surface area (Å²) in [4.78, 5) is 29.1. The van der Waals surface area contributed by atoms with Crippen molar-refractivity contribution >= 4 is 17.5 Å². The van der Waals surface area contributed by atoms with Crippen LogP contribution in [-0.4, -0.2) is 53.8 Å². The third kappa shape index (κ3) is 4.40. The van der Waals surface area contributed by atoms with Crippen LogP contribution in [0.15, 0.2) is 24.3 Å². The number of rotatable bonds is 6. The minimum atomic E-state index is -0.241. The summed E-state index contributed by atoms with van der Waals surface area (Å²) >= 11 is 0. The third-order valence-corrected chi connectivity index (χ3v) is 5.35. The fourth-order valence-electron chi connectivity index (χ4n) is 3.38. The minimum Gasteiger partial charge on any atom is -0.335 e. The zero-order chi connectivity index (χ0) is 18.0. The van der Waals surface area contributed by atoms with Gasteiger partial charge in [0.25, 0.3) is 5.91 Å². The summed E-state index contributed by atoms with van der Waals surface area (Å²) in [6.07, 6.45) is 4.43. The lowest BCUT2D eigenvalue weighted by Crippen LogP contribution is -2.51. The van der Waals surface area contributed by atoms with Gasteiger partial charge >= 0.3 is 0 Å². The van der Waals surface area contributed by atoms with Crippen molar-refractivity contribution in [2.75, 3.05) is 32.0 Å². The summed E-state index contributed by atoms with van der Waals surface area (Å²) in [5, 5.41) is 2.92. The van der Waals surface area contributed by atoms with Crippen LogP contribution in [0.4, 0.5) is 5.69 Å². The number of benzene rings is 1. The Morgan fingerprint density at radius 2 is 1.92 bits per heavy atom. The Morgan fingerprint density at radius 3 is 2.56 bits per heavy atom. The lowest BCUT2D eigenvalue weighted by molar-refractivity contribution is -0.117. The highest BCUT2D eigenvalue weighted by atomic mass is 16.2. The molecule has 5 nitrogen and oxygen atoms in total. The number of anilines is 1. The number of nitrogens with one attached hydrogen (secondary N) is 1. The normalized spacial score (nSPS) is 18.2. The van der Waals surface area contributed by atoms with Crippen LogP contribution >= 0.6 is 0 Å². The van der Waals surface area contributed by atoms with E-state index in [9.17, 15) is 9.59 Å². The monoisotopic (exact) mass is 343 g/mol. The first-order valence-electron chi connectivity index (χ1n) is 9.28. The van der Waals surface area contributed by atoms with E-state index in [4.69, 9.17) is 0 Å². The van der Waals surface area contributed by atoms with Crippen molar-refractivity contribution in [3.05, 3.63) is 29.8 Å². The molecular weight excluding hydrogens is 314 g/mol. The van der Waals surface area contributed by atoms with Gasteiger partial charge in [0, 0.05) is 36.3 Å². The maximum Gasteiger partial charge on any atom is 0.254 e. The molecule has 136 valence electrons. The zero-order valence-corrected chi connectivity index (χ0v) is 15.5. The Labute approximate surface area is 150 Å². The minimum absolute atomic E-state index is 0.00767. The van der Waals surface area contributed by atoms with Crippen molar-refractivity contribution in [3.63, 3.8) is 0 Å². The average Bonchev–Trinajstić information content (AvgIpc) is 3.32. The van der Waals surface area contributed by atoms with E-state index in [1.807, 2.05) is 30.1 Å². The number of hydrogen-bond acceptors (Lipinski definition) is 3. The Bertz CT molecular complexity index is 646. The number of carbonyl (C=O) groups excluding carboxylic acids is 2. The summed E-state index contributed by atoms with van der Waals surface area (Å²) in [5.41, 5.74) is 1.08. The van der Waals surface area contributed by atoms with E-state index >= 15 is 0 Å². The zero-order valence-electron chi connectivity index (χ0n) is 15.5. The van der Waals surface area contributed by atoms with Crippen molar-refractivity contribution in [1.82, 2.24) is 9.80 Å². The number of likely N-dealkylation sites (N-methyl/N-ethyl adjacent to an activating group) is 1. The molecule has 1 aromatic rings. The predicted molar refractivity (Wildman–Crippen MR) is 99.6 cm³/mol. The van der Waals surface area contributed by atoms with Crippen LogP contribution in [0.1, 0.15) is 49.9 Å². The molecule has 1 aromatic carbocycles. The number of nitrogens with zero attached hydrogens (tertiary/aromatic N) is 2. The summed E-state index contributed by atoms with van der Waals surface area (Å²) in [5.74, 6) is 0.209. The van der Waals surface area contributed by atoms with Crippen LogP contribution in [0, 0.1) is 5.92 Å². The van der Waals surface area contributed by atoms with E-state index in [1.54, 1.807) is 6.07 Å². The van der Waals surface area contributed by atoms with Crippen LogP contribution in [0.3, 0.4) is 0 Å². The highest BCUT2D eigenvalue weighted by Crippen LogP contribution is 2.30. The number of carbonyl (C=O) groups is 2. The molecule has 1 aliphatic carbocycles. The van der Waals surface area contributed by atoms with Crippen LogP contribution in [0.2, 0.25) is 0 Å². The standard InChI is InChI=1S/C20H29N3O2/c1-20(2,14-23-11-4-5-12-23)22(3)19(25)16-7-6-8-17(13-16)21-18(24)15-9-10-15/h6-8,13,15H,4-5,9-12,14H2,1-3H3,(H,21,24). The van der Waals surface area contributed by atoms with Crippen molar-refractivity contribution in [3.8, 4) is 0 Å². The summed E-state index contributed by atoms with van der Waals surface area (Å²) < 4.78 is 0. The number of amides is 2. The Hall–Kier alpha value is -1.88. The highest BCUT2D eigenvalue weighted by molar-refractivity contribution is 5.98. The van der Waals surface area contributed by atoms with E-state index in [1.165, 1.54) is 12.8 Å². The molecule has 25 heavy (non-hydrogen) atoms. The molecule has 1 aliphatic heterocycles. The quantitative estimate of drug-likeness (QED) is 0.864. The molecule has 2 aliphatic rings. The van der Waals surface area contributed by atoms with Crippen LogP contribution < -0.4 is 5.32 Å². The van der Waals surface area contributed by atoms with Gasteiger partial charge < -0.3 is 15.1 Å². The second-order valence-corrected chi connectivity index (χ2v) is 8.00. The number of likely N-dealkylation sites (tertiary alicyclic amines) is 1. The van der Waals surface area contributed by atoms with Gasteiger partial charge in [-0.25, -0.2) is 0 Å². The number of hydrogen-bond donors (Lipinski definition) is 1. The lowest BCUT2D eigenvalue weighted by atomic mass is 10.0. The average molecular weight is 343 g/mol. The van der Waals surface area contributed by atoms with Gasteiger partial charge in [-0.3, -0.25) is 9.59 Å². The Kier molecular flexibility index (Phi) is 5.13. The topological polar surface area (TPSA) is 52.7 Å². The van der Waals surface area contributed by atoms with Gasteiger partial charge in [-0.1, -0.05) is 6.07 Å². The second-order valence-electron chi connectivity index (χ2n) is 8.00. The largest absolute Gasteiger partial charge is 0.335 e. The molecule has 1 saturated carbocycles. The first-order chi connectivity index (χ1) is 11.9. The molecule has 1 N–H and O–H groups in total. The van der Waals surface area contributed by atoms with Gasteiger partial charge in [0.05, 0.1) is 0 Å². The van der Waals surface area contributed by atoms with Crippen LogP contribution in [-0.2, 0) is 4.79 Å². The highest BCUT2D eigenvalue weighted by Gasteiger charge is 2.32. The first kappa shape index (κ1) is 17.9.